The molecule has 2 unspecified atom stereocenters. The summed E-state index contributed by atoms with van der Waals surface area (Å²) in [5.74, 6) is -0.451. The molecule has 0 aromatic heterocycles. The molecule has 3 N–H and O–H groups in total. The molecule has 1 aliphatic rings. The number of carbonyl (C=O) groups excluding carboxylic acids is 1. The molecule has 116 valence electrons. The second-order valence-electron chi connectivity index (χ2n) is 5.25. The molecular weight excluding hydrogens is 305 g/mol. The molecule has 1 fully saturated rings. The van der Waals surface area contributed by atoms with E-state index in [1.165, 1.54) is 6.07 Å². The molecular formula is C14H16ClF3N2O. The smallest absolute Gasteiger partial charge is 0.330 e. The van der Waals surface area contributed by atoms with Crippen LogP contribution in [0.5, 0.6) is 0 Å². The molecule has 21 heavy (non-hydrogen) atoms. The summed E-state index contributed by atoms with van der Waals surface area (Å²) in [5.41, 5.74) is 4.79. The average Bonchev–Trinajstić information content (AvgIpc) is 2.85. The number of hydrogen-bond donors (Lipinski definition) is 2. The molecule has 2 atom stereocenters. The van der Waals surface area contributed by atoms with Crippen LogP contribution in [0, 0.1) is 11.8 Å². The molecule has 1 aromatic carbocycles. The first kappa shape index (κ1) is 16.1. The van der Waals surface area contributed by atoms with Crippen molar-refractivity contribution >= 4 is 23.2 Å². The van der Waals surface area contributed by atoms with E-state index in [9.17, 15) is 18.0 Å². The fourth-order valence-electron chi connectivity index (χ4n) is 2.72. The molecule has 0 spiro atoms. The van der Waals surface area contributed by atoms with Crippen molar-refractivity contribution < 1.29 is 18.0 Å². The summed E-state index contributed by atoms with van der Waals surface area (Å²) in [5, 5.41) is 2.45. The van der Waals surface area contributed by atoms with Gasteiger partial charge in [-0.25, -0.2) is 0 Å². The highest BCUT2D eigenvalue weighted by Crippen LogP contribution is 2.35. The normalized spacial score (nSPS) is 22.3. The zero-order chi connectivity index (χ0) is 15.6. The van der Waals surface area contributed by atoms with Gasteiger partial charge in [-0.1, -0.05) is 18.0 Å². The maximum Gasteiger partial charge on any atom is 0.416 e. The van der Waals surface area contributed by atoms with Crippen LogP contribution in [0.3, 0.4) is 0 Å². The third-order valence-corrected chi connectivity index (χ3v) is 4.01. The third kappa shape index (κ3) is 3.89. The van der Waals surface area contributed by atoms with Crippen LogP contribution in [0.4, 0.5) is 18.9 Å². The second-order valence-corrected chi connectivity index (χ2v) is 5.69. The fourth-order valence-corrected chi connectivity index (χ4v) is 2.96. The molecule has 0 saturated heterocycles. The summed E-state index contributed by atoms with van der Waals surface area (Å²) >= 11 is 5.68. The van der Waals surface area contributed by atoms with E-state index in [4.69, 9.17) is 17.3 Å². The lowest BCUT2D eigenvalue weighted by atomic mass is 9.95. The Balaban J connectivity index is 2.16. The van der Waals surface area contributed by atoms with E-state index in [0.717, 1.165) is 25.0 Å². The van der Waals surface area contributed by atoms with E-state index in [-0.39, 0.29) is 28.5 Å². The number of alkyl halides is 3. The average molecular weight is 321 g/mol. The van der Waals surface area contributed by atoms with Crippen LogP contribution in [0.25, 0.3) is 0 Å². The van der Waals surface area contributed by atoms with E-state index in [0.29, 0.717) is 13.0 Å². The lowest BCUT2D eigenvalue weighted by molar-refractivity contribution is -0.137. The summed E-state index contributed by atoms with van der Waals surface area (Å²) in [4.78, 5) is 12.2. The highest BCUT2D eigenvalue weighted by atomic mass is 35.5. The zero-order valence-corrected chi connectivity index (χ0v) is 12.0. The van der Waals surface area contributed by atoms with Gasteiger partial charge in [-0.3, -0.25) is 4.79 Å². The van der Waals surface area contributed by atoms with Gasteiger partial charge in [-0.05, 0) is 43.5 Å². The van der Waals surface area contributed by atoms with E-state index >= 15 is 0 Å². The predicted octanol–water partition coefficient (Wildman–Crippen LogP) is 3.67. The van der Waals surface area contributed by atoms with E-state index in [1.807, 2.05) is 0 Å². The molecule has 2 rings (SSSR count). The Morgan fingerprint density at radius 2 is 2.05 bits per heavy atom. The van der Waals surface area contributed by atoms with Crippen molar-refractivity contribution in [3.8, 4) is 0 Å². The second kappa shape index (κ2) is 6.23. The minimum atomic E-state index is -4.50. The van der Waals surface area contributed by atoms with Crippen molar-refractivity contribution in [2.75, 3.05) is 11.9 Å². The van der Waals surface area contributed by atoms with Crippen LogP contribution >= 0.6 is 11.6 Å². The van der Waals surface area contributed by atoms with Gasteiger partial charge in [-0.2, -0.15) is 13.2 Å². The van der Waals surface area contributed by atoms with Crippen LogP contribution in [0.15, 0.2) is 18.2 Å². The summed E-state index contributed by atoms with van der Waals surface area (Å²) in [7, 11) is 0. The standard InChI is InChI=1S/C14H16ClF3N2O/c15-10-4-9(14(16,17)18)5-11(6-10)20-13(21)12-3-1-2-8(12)7-19/h4-6,8,12H,1-3,7,19H2,(H,20,21). The molecule has 3 nitrogen and oxygen atoms in total. The molecule has 1 saturated carbocycles. The first-order valence-corrected chi connectivity index (χ1v) is 7.08. The molecule has 1 aliphatic carbocycles. The summed E-state index contributed by atoms with van der Waals surface area (Å²) in [6.45, 7) is 0.404. The Hall–Kier alpha value is -1.27. The number of halogens is 4. The van der Waals surface area contributed by atoms with Crippen molar-refractivity contribution in [3.05, 3.63) is 28.8 Å². The minimum Gasteiger partial charge on any atom is -0.330 e. The topological polar surface area (TPSA) is 55.1 Å². The number of nitrogens with two attached hydrogens (primary N) is 1. The summed E-state index contributed by atoms with van der Waals surface area (Å²) in [6, 6.07) is 3.02. The molecule has 1 amide bonds. The van der Waals surface area contributed by atoms with Gasteiger partial charge >= 0.3 is 6.18 Å². The number of amides is 1. The first-order chi connectivity index (χ1) is 9.81. The van der Waals surface area contributed by atoms with Crippen LogP contribution in [-0.2, 0) is 11.0 Å². The Bertz CT molecular complexity index is 533. The Morgan fingerprint density at radius 1 is 1.33 bits per heavy atom. The van der Waals surface area contributed by atoms with Crippen molar-refractivity contribution in [3.63, 3.8) is 0 Å². The van der Waals surface area contributed by atoms with Crippen molar-refractivity contribution in [2.45, 2.75) is 25.4 Å². The van der Waals surface area contributed by atoms with E-state index in [2.05, 4.69) is 5.32 Å². The molecule has 0 radical (unpaired) electrons. The number of benzene rings is 1. The first-order valence-electron chi connectivity index (χ1n) is 6.70. The van der Waals surface area contributed by atoms with E-state index in [1.54, 1.807) is 0 Å². The number of carbonyl (C=O) groups is 1. The number of nitrogens with one attached hydrogen (secondary N) is 1. The number of rotatable bonds is 3. The van der Waals surface area contributed by atoms with Gasteiger partial charge < -0.3 is 11.1 Å². The lowest BCUT2D eigenvalue weighted by Gasteiger charge is -2.18. The van der Waals surface area contributed by atoms with Crippen LogP contribution in [-0.4, -0.2) is 12.5 Å². The Labute approximate surface area is 125 Å². The van der Waals surface area contributed by atoms with Gasteiger partial charge in [0.15, 0.2) is 0 Å². The van der Waals surface area contributed by atoms with Gasteiger partial charge in [0.05, 0.1) is 5.56 Å². The highest BCUT2D eigenvalue weighted by molar-refractivity contribution is 6.31. The van der Waals surface area contributed by atoms with Gasteiger partial charge in [0.2, 0.25) is 5.91 Å². The maximum atomic E-state index is 12.7. The predicted molar refractivity (Wildman–Crippen MR) is 75.0 cm³/mol. The fraction of sp³-hybridized carbons (Fsp3) is 0.500. The maximum absolute atomic E-state index is 12.7. The van der Waals surface area contributed by atoms with Crippen LogP contribution < -0.4 is 11.1 Å². The van der Waals surface area contributed by atoms with Crippen LogP contribution in [0.2, 0.25) is 5.02 Å². The van der Waals surface area contributed by atoms with Crippen molar-refractivity contribution in [1.82, 2.24) is 0 Å². The Kier molecular flexibility index (Phi) is 4.78. The zero-order valence-electron chi connectivity index (χ0n) is 11.2. The summed E-state index contributed by atoms with van der Waals surface area (Å²) in [6.07, 6.45) is -2.01. The van der Waals surface area contributed by atoms with Gasteiger partial charge in [0, 0.05) is 16.6 Å². The summed E-state index contributed by atoms with van der Waals surface area (Å²) < 4.78 is 38.1. The molecule has 0 aliphatic heterocycles. The molecule has 0 bridgehead atoms. The van der Waals surface area contributed by atoms with Crippen molar-refractivity contribution in [2.24, 2.45) is 17.6 Å². The quantitative estimate of drug-likeness (QED) is 0.892. The SMILES string of the molecule is NCC1CCCC1C(=O)Nc1cc(Cl)cc(C(F)(F)F)c1. The largest absolute Gasteiger partial charge is 0.416 e. The van der Waals surface area contributed by atoms with Gasteiger partial charge in [-0.15, -0.1) is 0 Å². The third-order valence-electron chi connectivity index (χ3n) is 3.79. The number of anilines is 1. The van der Waals surface area contributed by atoms with Gasteiger partial charge in [0.1, 0.15) is 0 Å². The molecule has 1 aromatic rings. The highest BCUT2D eigenvalue weighted by Gasteiger charge is 2.33. The minimum absolute atomic E-state index is 0.0579. The number of hydrogen-bond acceptors (Lipinski definition) is 2. The molecule has 0 heterocycles. The molecule has 7 heteroatoms. The lowest BCUT2D eigenvalue weighted by Crippen LogP contribution is -2.29. The Morgan fingerprint density at radius 3 is 2.67 bits per heavy atom. The van der Waals surface area contributed by atoms with Crippen LogP contribution in [0.1, 0.15) is 24.8 Å². The van der Waals surface area contributed by atoms with E-state index < -0.39 is 11.7 Å². The van der Waals surface area contributed by atoms with Gasteiger partial charge in [0.25, 0.3) is 0 Å². The monoisotopic (exact) mass is 320 g/mol. The van der Waals surface area contributed by atoms with Crippen molar-refractivity contribution in [1.29, 1.82) is 0 Å².